The molecule has 1 amide bonds. The maximum atomic E-state index is 13.9. The van der Waals surface area contributed by atoms with E-state index >= 15 is 0 Å². The molecule has 0 aromatic heterocycles. The smallest absolute Gasteiger partial charge is 0.302 e. The molecule has 2 aliphatic heterocycles. The maximum Gasteiger partial charge on any atom is 0.302 e. The topological polar surface area (TPSA) is 29.8 Å². The van der Waals surface area contributed by atoms with Crippen molar-refractivity contribution >= 4 is 35.0 Å². The molecular weight excluding hydrogens is 844 g/mol. The van der Waals surface area contributed by atoms with Gasteiger partial charge in [-0.2, -0.15) is 4.90 Å². The van der Waals surface area contributed by atoms with Crippen LogP contribution in [0.15, 0.2) is 78.5 Å². The zero-order valence-corrected chi connectivity index (χ0v) is 44.6. The number of para-hydroxylation sites is 4. The largest absolute Gasteiger partial charge is 0.407 e. The summed E-state index contributed by atoms with van der Waals surface area (Å²) >= 11 is 0. The molecule has 4 aromatic rings. The van der Waals surface area contributed by atoms with Crippen LogP contribution in [0.1, 0.15) is 223 Å². The van der Waals surface area contributed by atoms with Gasteiger partial charge in [0.1, 0.15) is 11.4 Å². The van der Waals surface area contributed by atoms with Gasteiger partial charge in [0, 0.05) is 39.3 Å². The molecule has 0 spiro atoms. The van der Waals surface area contributed by atoms with Gasteiger partial charge in [0.15, 0.2) is 0 Å². The van der Waals surface area contributed by atoms with Crippen LogP contribution >= 0.6 is 0 Å². The summed E-state index contributed by atoms with van der Waals surface area (Å²) in [5.74, 6) is 3.47. The number of carbonyl (C=O) groups is 1. The van der Waals surface area contributed by atoms with Gasteiger partial charge in [0.25, 0.3) is 5.91 Å². The summed E-state index contributed by atoms with van der Waals surface area (Å²) in [6, 6.07) is 26.7. The van der Waals surface area contributed by atoms with E-state index in [4.69, 9.17) is 0 Å². The average Bonchev–Trinajstić information content (AvgIpc) is 3.23. The Morgan fingerprint density at radius 3 is 1.20 bits per heavy atom. The summed E-state index contributed by atoms with van der Waals surface area (Å²) in [5.41, 5.74) is 16.4. The van der Waals surface area contributed by atoms with Crippen molar-refractivity contribution in [1.29, 1.82) is 0 Å². The Labute approximate surface area is 407 Å². The predicted molar refractivity (Wildman–Crippen MR) is 277 cm³/mol. The van der Waals surface area contributed by atoms with E-state index in [0.717, 1.165) is 12.2 Å². The molecule has 65 heavy (non-hydrogen) atoms. The van der Waals surface area contributed by atoms with Gasteiger partial charge in [-0.05, 0) is 96.9 Å². The molecule has 0 unspecified atom stereocenters. The molecule has 6 heteroatoms. The van der Waals surface area contributed by atoms with Crippen LogP contribution in [-0.4, -0.2) is 29.9 Å². The number of nitrogens with zero attached hydrogens (tertiary/aromatic N) is 4. The van der Waals surface area contributed by atoms with E-state index < -0.39 is 5.41 Å². The van der Waals surface area contributed by atoms with Crippen LogP contribution < -0.4 is 14.7 Å². The minimum atomic E-state index is -0.509. The van der Waals surface area contributed by atoms with E-state index in [0.29, 0.717) is 53.9 Å². The van der Waals surface area contributed by atoms with Crippen molar-refractivity contribution in [2.24, 2.45) is 5.41 Å². The first-order chi connectivity index (χ1) is 30.0. The first-order valence-corrected chi connectivity index (χ1v) is 24.4. The Kier molecular flexibility index (Phi) is 18.1. The number of benzene rings is 4. The zero-order chi connectivity index (χ0) is 47.5. The van der Waals surface area contributed by atoms with Gasteiger partial charge in [-0.3, -0.25) is 9.37 Å². The quantitative estimate of drug-likeness (QED) is 0.0805. The summed E-state index contributed by atoms with van der Waals surface area (Å²) in [7, 11) is 0. The van der Waals surface area contributed by atoms with Gasteiger partial charge in [0.05, 0.1) is 23.3 Å². The molecule has 0 N–H and O–H groups in total. The normalized spacial score (nSPS) is 15.3. The number of allylic oxidation sites excluding steroid dienone is 1. The molecular formula is C59H83CuN4O+. The van der Waals surface area contributed by atoms with Gasteiger partial charge in [0.2, 0.25) is 6.34 Å². The van der Waals surface area contributed by atoms with Crippen molar-refractivity contribution in [1.82, 2.24) is 0 Å². The van der Waals surface area contributed by atoms with E-state index in [1.165, 1.54) is 67.3 Å². The SMILES string of the molecule is CC(C)c1cccc(C(C)C)c1N1[CH+]N(c2c(C(C)C)cccc2C(C)C)C(=O)C(C)(C)C1.CC1=[C-]C[N+](c2c(C(C)C)cccc2C(C)C)=CN1c1c(C(C)C)cccc1C(C)C.[Cu]. The molecule has 0 bridgehead atoms. The molecule has 0 aliphatic carbocycles. The number of carbonyl (C=O) groups excluding carboxylic acids is 1. The monoisotopic (exact) mass is 927 g/mol. The molecule has 1 fully saturated rings. The first-order valence-electron chi connectivity index (χ1n) is 24.4. The van der Waals surface area contributed by atoms with Crippen LogP contribution in [0.25, 0.3) is 0 Å². The van der Waals surface area contributed by atoms with Crippen LogP contribution in [0.4, 0.5) is 22.7 Å². The Morgan fingerprint density at radius 1 is 0.523 bits per heavy atom. The van der Waals surface area contributed by atoms with E-state index in [1.807, 2.05) is 4.90 Å². The van der Waals surface area contributed by atoms with Crippen molar-refractivity contribution in [3.63, 3.8) is 0 Å². The van der Waals surface area contributed by atoms with Crippen molar-refractivity contribution in [2.45, 2.75) is 179 Å². The third-order valence-corrected chi connectivity index (χ3v) is 13.2. The van der Waals surface area contributed by atoms with E-state index in [9.17, 15) is 4.79 Å². The van der Waals surface area contributed by atoms with Crippen LogP contribution in [0.5, 0.6) is 0 Å². The number of amides is 1. The Bertz CT molecular complexity index is 2220. The number of anilines is 3. The molecule has 1 radical (unpaired) electrons. The summed E-state index contributed by atoms with van der Waals surface area (Å²) in [5, 5.41) is 0. The second-order valence-electron chi connectivity index (χ2n) is 21.6. The zero-order valence-electron chi connectivity index (χ0n) is 43.6. The van der Waals surface area contributed by atoms with Gasteiger partial charge >= 0.3 is 6.67 Å². The number of hydrogen-bond acceptors (Lipinski definition) is 3. The predicted octanol–water partition coefficient (Wildman–Crippen LogP) is 16.3. The molecule has 2 heterocycles. The second-order valence-corrected chi connectivity index (χ2v) is 21.6. The fourth-order valence-electron chi connectivity index (χ4n) is 9.53. The average molecular weight is 928 g/mol. The van der Waals surface area contributed by atoms with Crippen LogP contribution in [-0.2, 0) is 21.9 Å². The fourth-order valence-corrected chi connectivity index (χ4v) is 9.53. The Morgan fingerprint density at radius 2 is 0.846 bits per heavy atom. The Hall–Kier alpha value is -4.25. The minimum Gasteiger partial charge on any atom is -0.407 e. The number of hydrogen-bond donors (Lipinski definition) is 0. The van der Waals surface area contributed by atoms with Crippen LogP contribution in [0, 0.1) is 18.2 Å². The molecule has 6 rings (SSSR count). The summed E-state index contributed by atoms with van der Waals surface area (Å²) in [4.78, 5) is 20.6. The van der Waals surface area contributed by atoms with Gasteiger partial charge in [-0.15, -0.1) is 4.90 Å². The molecule has 2 aliphatic rings. The molecule has 355 valence electrons. The Balaban J connectivity index is 0.000000281. The third kappa shape index (κ3) is 11.5. The molecule has 0 atom stereocenters. The van der Waals surface area contributed by atoms with Crippen molar-refractivity contribution in [3.05, 3.63) is 136 Å². The van der Waals surface area contributed by atoms with Crippen LogP contribution in [0.2, 0.25) is 0 Å². The van der Waals surface area contributed by atoms with E-state index in [-0.39, 0.29) is 23.0 Å². The number of rotatable bonds is 12. The van der Waals surface area contributed by atoms with Crippen LogP contribution in [0.3, 0.4) is 0 Å². The fraction of sp³-hybridized carbons (Fsp3) is 0.508. The summed E-state index contributed by atoms with van der Waals surface area (Å²) in [6.07, 6.45) is 6.01. The molecule has 4 aromatic carbocycles. The second kappa shape index (κ2) is 22.0. The van der Waals surface area contributed by atoms with Crippen molar-refractivity contribution < 1.29 is 26.4 Å². The third-order valence-electron chi connectivity index (χ3n) is 13.2. The van der Waals surface area contributed by atoms with Crippen molar-refractivity contribution in [3.8, 4) is 0 Å². The van der Waals surface area contributed by atoms with E-state index in [1.54, 1.807) is 0 Å². The molecule has 0 saturated carbocycles. The summed E-state index contributed by atoms with van der Waals surface area (Å²) in [6.45, 7) is 46.1. The standard InChI is InChI=1S/C30H43N2O.C29H40N2.Cu/c1-19(2)23-13-11-14-24(20(3)4)27(23)31-17-30(9,10)29(33)32(18-31)28-25(21(5)6)15-12-16-26(28)22(7)8;1-19(2)24-12-10-13-25(20(3)4)28(24)30-17-16-23(9)31(18-30)29-26(21(5)6)14-11-15-27(29)22(7)8;/h11-16,18-22H,17H2,1-10H3;10-15,18-22H,17H2,1-9H3;/q+1;;. The molecule has 1 saturated heterocycles. The van der Waals surface area contributed by atoms with Crippen molar-refractivity contribution in [2.75, 3.05) is 27.8 Å². The van der Waals surface area contributed by atoms with Gasteiger partial charge in [-0.25, -0.2) is 4.90 Å². The van der Waals surface area contributed by atoms with Gasteiger partial charge < -0.3 is 6.08 Å². The maximum absolute atomic E-state index is 13.9. The molecule has 5 nitrogen and oxygen atoms in total. The first kappa shape index (κ1) is 53.4. The van der Waals surface area contributed by atoms with E-state index in [2.05, 4.69) is 238 Å². The van der Waals surface area contributed by atoms with Gasteiger partial charge in [-0.1, -0.05) is 189 Å². The minimum absolute atomic E-state index is 0. The summed E-state index contributed by atoms with van der Waals surface area (Å²) < 4.78 is 2.42.